The smallest absolute Gasteiger partial charge is 0.0236 e. The van der Waals surface area contributed by atoms with Crippen LogP contribution in [0.5, 0.6) is 0 Å². The van der Waals surface area contributed by atoms with Crippen LogP contribution in [0.2, 0.25) is 0 Å². The monoisotopic (exact) mass is 217 g/mol. The second-order valence-corrected chi connectivity index (χ2v) is 5.02. The molecular formula is C15H23N. The fourth-order valence-electron chi connectivity index (χ4n) is 2.58. The summed E-state index contributed by atoms with van der Waals surface area (Å²) in [6.45, 7) is 8.31. The first-order valence-corrected chi connectivity index (χ1v) is 6.61. The molecule has 16 heavy (non-hydrogen) atoms. The highest BCUT2D eigenvalue weighted by molar-refractivity contribution is 5.30. The summed E-state index contributed by atoms with van der Waals surface area (Å²) in [6.07, 6.45) is 3.94. The SMILES string of the molecule is CCCCN1CCC(C)c2ccccc2C1. The Morgan fingerprint density at radius 1 is 1.31 bits per heavy atom. The number of nitrogens with zero attached hydrogens (tertiary/aromatic N) is 1. The van der Waals surface area contributed by atoms with Gasteiger partial charge in [0, 0.05) is 6.54 Å². The number of hydrogen-bond donors (Lipinski definition) is 0. The summed E-state index contributed by atoms with van der Waals surface area (Å²) in [5.41, 5.74) is 3.12. The minimum Gasteiger partial charge on any atom is -0.299 e. The summed E-state index contributed by atoms with van der Waals surface area (Å²) in [6, 6.07) is 8.96. The molecule has 1 heterocycles. The van der Waals surface area contributed by atoms with Gasteiger partial charge in [0.15, 0.2) is 0 Å². The lowest BCUT2D eigenvalue weighted by atomic mass is 9.95. The van der Waals surface area contributed by atoms with Crippen LogP contribution in [0.3, 0.4) is 0 Å². The average molecular weight is 217 g/mol. The molecule has 0 N–H and O–H groups in total. The van der Waals surface area contributed by atoms with Crippen LogP contribution < -0.4 is 0 Å². The Labute approximate surface area is 99.5 Å². The van der Waals surface area contributed by atoms with Gasteiger partial charge < -0.3 is 0 Å². The van der Waals surface area contributed by atoms with E-state index in [1.165, 1.54) is 32.4 Å². The van der Waals surface area contributed by atoms with Gasteiger partial charge in [-0.3, -0.25) is 4.90 Å². The van der Waals surface area contributed by atoms with Gasteiger partial charge in [-0.1, -0.05) is 44.5 Å². The highest BCUT2D eigenvalue weighted by Crippen LogP contribution is 2.27. The maximum Gasteiger partial charge on any atom is 0.0236 e. The molecule has 1 atom stereocenters. The first-order valence-electron chi connectivity index (χ1n) is 6.61. The molecule has 0 spiro atoms. The van der Waals surface area contributed by atoms with E-state index in [0.717, 1.165) is 12.5 Å². The fraction of sp³-hybridized carbons (Fsp3) is 0.600. The lowest BCUT2D eigenvalue weighted by molar-refractivity contribution is 0.262. The molecule has 0 radical (unpaired) electrons. The van der Waals surface area contributed by atoms with E-state index in [-0.39, 0.29) is 0 Å². The summed E-state index contributed by atoms with van der Waals surface area (Å²) in [4.78, 5) is 2.62. The van der Waals surface area contributed by atoms with Gasteiger partial charge in [0.05, 0.1) is 0 Å². The molecule has 0 aliphatic carbocycles. The van der Waals surface area contributed by atoms with Gasteiger partial charge in [0.1, 0.15) is 0 Å². The summed E-state index contributed by atoms with van der Waals surface area (Å²) in [5, 5.41) is 0. The van der Waals surface area contributed by atoms with Gasteiger partial charge in [-0.25, -0.2) is 0 Å². The van der Waals surface area contributed by atoms with Gasteiger partial charge in [0.2, 0.25) is 0 Å². The van der Waals surface area contributed by atoms with E-state index in [1.54, 1.807) is 11.1 Å². The topological polar surface area (TPSA) is 3.24 Å². The van der Waals surface area contributed by atoms with Gasteiger partial charge in [0.25, 0.3) is 0 Å². The standard InChI is InChI=1S/C15H23N/c1-3-4-10-16-11-9-13(2)15-8-6-5-7-14(15)12-16/h5-8,13H,3-4,9-12H2,1-2H3. The van der Waals surface area contributed by atoms with Crippen molar-refractivity contribution in [3.8, 4) is 0 Å². The van der Waals surface area contributed by atoms with E-state index < -0.39 is 0 Å². The molecule has 1 heteroatoms. The number of benzene rings is 1. The maximum atomic E-state index is 2.62. The van der Waals surface area contributed by atoms with Crippen molar-refractivity contribution in [3.05, 3.63) is 35.4 Å². The molecule has 2 rings (SSSR count). The van der Waals surface area contributed by atoms with Crippen molar-refractivity contribution in [2.24, 2.45) is 0 Å². The van der Waals surface area contributed by atoms with Crippen molar-refractivity contribution in [1.29, 1.82) is 0 Å². The molecule has 1 unspecified atom stereocenters. The number of unbranched alkanes of at least 4 members (excludes halogenated alkanes) is 1. The lowest BCUT2D eigenvalue weighted by Crippen LogP contribution is -2.24. The number of rotatable bonds is 3. The Balaban J connectivity index is 2.11. The highest BCUT2D eigenvalue weighted by Gasteiger charge is 2.18. The lowest BCUT2D eigenvalue weighted by Gasteiger charge is -2.19. The van der Waals surface area contributed by atoms with Crippen LogP contribution in [-0.2, 0) is 6.54 Å². The van der Waals surface area contributed by atoms with E-state index in [0.29, 0.717) is 0 Å². The van der Waals surface area contributed by atoms with Crippen LogP contribution in [-0.4, -0.2) is 18.0 Å². The highest BCUT2D eigenvalue weighted by atomic mass is 15.1. The molecular weight excluding hydrogens is 194 g/mol. The Morgan fingerprint density at radius 2 is 2.12 bits per heavy atom. The minimum absolute atomic E-state index is 0.725. The molecule has 0 bridgehead atoms. The summed E-state index contributed by atoms with van der Waals surface area (Å²) in [7, 11) is 0. The Morgan fingerprint density at radius 3 is 2.94 bits per heavy atom. The zero-order chi connectivity index (χ0) is 11.4. The van der Waals surface area contributed by atoms with Crippen molar-refractivity contribution in [2.45, 2.75) is 45.6 Å². The van der Waals surface area contributed by atoms with E-state index in [1.807, 2.05) is 0 Å². The van der Waals surface area contributed by atoms with Gasteiger partial charge >= 0.3 is 0 Å². The maximum absolute atomic E-state index is 2.62. The molecule has 0 saturated carbocycles. The van der Waals surface area contributed by atoms with E-state index in [9.17, 15) is 0 Å². The fourth-order valence-corrected chi connectivity index (χ4v) is 2.58. The average Bonchev–Trinajstić information content (AvgIpc) is 2.47. The molecule has 1 aromatic rings. The van der Waals surface area contributed by atoms with Crippen LogP contribution in [0, 0.1) is 0 Å². The quantitative estimate of drug-likeness (QED) is 0.744. The molecule has 0 amide bonds. The van der Waals surface area contributed by atoms with E-state index >= 15 is 0 Å². The summed E-state index contributed by atoms with van der Waals surface area (Å²) in [5.74, 6) is 0.725. The van der Waals surface area contributed by atoms with Crippen molar-refractivity contribution in [1.82, 2.24) is 4.90 Å². The third-order valence-electron chi connectivity index (χ3n) is 3.69. The minimum atomic E-state index is 0.725. The zero-order valence-electron chi connectivity index (χ0n) is 10.6. The Kier molecular flexibility index (Phi) is 4.00. The van der Waals surface area contributed by atoms with E-state index in [2.05, 4.69) is 43.0 Å². The van der Waals surface area contributed by atoms with Crippen LogP contribution in [0.4, 0.5) is 0 Å². The van der Waals surface area contributed by atoms with Gasteiger partial charge in [-0.2, -0.15) is 0 Å². The first-order chi connectivity index (χ1) is 7.81. The Hall–Kier alpha value is -0.820. The third-order valence-corrected chi connectivity index (χ3v) is 3.69. The Bertz CT molecular complexity index is 332. The number of hydrogen-bond acceptors (Lipinski definition) is 1. The molecule has 0 saturated heterocycles. The predicted molar refractivity (Wildman–Crippen MR) is 69.7 cm³/mol. The van der Waals surface area contributed by atoms with Crippen molar-refractivity contribution >= 4 is 0 Å². The van der Waals surface area contributed by atoms with Crippen LogP contribution in [0.1, 0.15) is 50.2 Å². The second-order valence-electron chi connectivity index (χ2n) is 5.02. The van der Waals surface area contributed by atoms with Crippen LogP contribution >= 0.6 is 0 Å². The second kappa shape index (κ2) is 5.49. The zero-order valence-corrected chi connectivity index (χ0v) is 10.6. The molecule has 88 valence electrons. The predicted octanol–water partition coefficient (Wildman–Crippen LogP) is 3.80. The molecule has 1 aliphatic heterocycles. The van der Waals surface area contributed by atoms with E-state index in [4.69, 9.17) is 0 Å². The van der Waals surface area contributed by atoms with Crippen molar-refractivity contribution in [2.75, 3.05) is 13.1 Å². The summed E-state index contributed by atoms with van der Waals surface area (Å²) < 4.78 is 0. The molecule has 1 aromatic carbocycles. The van der Waals surface area contributed by atoms with Crippen LogP contribution in [0.25, 0.3) is 0 Å². The first kappa shape index (κ1) is 11.7. The largest absolute Gasteiger partial charge is 0.299 e. The number of fused-ring (bicyclic) bond motifs is 1. The normalized spacial score (nSPS) is 21.5. The molecule has 1 nitrogen and oxygen atoms in total. The van der Waals surface area contributed by atoms with Crippen LogP contribution in [0.15, 0.2) is 24.3 Å². The molecule has 1 aliphatic rings. The summed E-state index contributed by atoms with van der Waals surface area (Å²) >= 11 is 0. The molecule has 0 aromatic heterocycles. The van der Waals surface area contributed by atoms with Gasteiger partial charge in [-0.05, 0) is 43.0 Å². The van der Waals surface area contributed by atoms with Gasteiger partial charge in [-0.15, -0.1) is 0 Å². The van der Waals surface area contributed by atoms with Crippen molar-refractivity contribution < 1.29 is 0 Å². The molecule has 0 fully saturated rings. The van der Waals surface area contributed by atoms with Crippen molar-refractivity contribution in [3.63, 3.8) is 0 Å². The third kappa shape index (κ3) is 2.65.